The third-order valence-corrected chi connectivity index (χ3v) is 6.25. The first-order valence-electron chi connectivity index (χ1n) is 7.72. The van der Waals surface area contributed by atoms with E-state index in [1.165, 1.54) is 13.2 Å². The largest absolute Gasteiger partial charge is 0.481 e. The van der Waals surface area contributed by atoms with Crippen LogP contribution in [-0.4, -0.2) is 51.0 Å². The fourth-order valence-corrected chi connectivity index (χ4v) is 4.25. The topological polar surface area (TPSA) is 97.8 Å². The number of aromatic nitrogens is 1. The van der Waals surface area contributed by atoms with E-state index in [0.717, 1.165) is 12.8 Å². The first-order chi connectivity index (χ1) is 10.9. The highest BCUT2D eigenvalue weighted by Crippen LogP contribution is 2.57. The van der Waals surface area contributed by atoms with Crippen LogP contribution < -0.4 is 9.46 Å². The Morgan fingerprint density at radius 2 is 2.00 bits per heavy atom. The number of rotatable bonds is 6. The molecular formula is C15H22N2O5S. The minimum atomic E-state index is -3.73. The molecule has 0 unspecified atom stereocenters. The van der Waals surface area contributed by atoms with Crippen molar-refractivity contribution < 1.29 is 23.0 Å². The van der Waals surface area contributed by atoms with Gasteiger partial charge in [-0.2, -0.15) is 0 Å². The van der Waals surface area contributed by atoms with E-state index >= 15 is 0 Å². The second-order valence-corrected chi connectivity index (χ2v) is 7.98. The summed E-state index contributed by atoms with van der Waals surface area (Å²) in [6, 6.07) is 4.60. The van der Waals surface area contributed by atoms with E-state index in [2.05, 4.69) is 9.71 Å². The molecule has 1 saturated carbocycles. The molecule has 0 radical (unpaired) electrons. The van der Waals surface area contributed by atoms with Crippen LogP contribution in [-0.2, 0) is 14.8 Å². The molecule has 2 heterocycles. The number of nitrogens with one attached hydrogen (secondary N) is 1. The highest BCUT2D eigenvalue weighted by atomic mass is 32.2. The van der Waals surface area contributed by atoms with Gasteiger partial charge in [-0.05, 0) is 18.9 Å². The van der Waals surface area contributed by atoms with E-state index in [1.54, 1.807) is 12.1 Å². The highest BCUT2D eigenvalue weighted by molar-refractivity contribution is 7.89. The Kier molecular flexibility index (Phi) is 4.35. The molecule has 2 N–H and O–H groups in total. The zero-order valence-corrected chi connectivity index (χ0v) is 13.9. The molecule has 1 aliphatic heterocycles. The van der Waals surface area contributed by atoms with Gasteiger partial charge in [0.1, 0.15) is 0 Å². The van der Waals surface area contributed by atoms with E-state index in [0.29, 0.717) is 26.1 Å². The van der Waals surface area contributed by atoms with E-state index in [4.69, 9.17) is 9.47 Å². The number of ether oxygens (including phenoxy) is 2. The predicted octanol–water partition coefficient (Wildman–Crippen LogP) is 0.690. The zero-order valence-electron chi connectivity index (χ0n) is 13.1. The molecule has 3 rings (SSSR count). The van der Waals surface area contributed by atoms with Gasteiger partial charge >= 0.3 is 0 Å². The molecule has 0 bridgehead atoms. The van der Waals surface area contributed by atoms with Crippen LogP contribution in [0.2, 0.25) is 0 Å². The first-order valence-corrected chi connectivity index (χ1v) is 9.20. The quantitative estimate of drug-likeness (QED) is 0.789. The van der Waals surface area contributed by atoms with Crippen molar-refractivity contribution in [2.24, 2.45) is 5.41 Å². The molecule has 2 aliphatic rings. The van der Waals surface area contributed by atoms with E-state index < -0.39 is 15.6 Å². The van der Waals surface area contributed by atoms with Crippen LogP contribution in [0.25, 0.3) is 0 Å². The number of nitrogens with zero attached hydrogens (tertiary/aromatic N) is 1. The molecule has 8 heteroatoms. The molecule has 0 aromatic carbocycles. The van der Waals surface area contributed by atoms with Crippen molar-refractivity contribution in [3.63, 3.8) is 0 Å². The molecule has 23 heavy (non-hydrogen) atoms. The van der Waals surface area contributed by atoms with Crippen LogP contribution in [0.5, 0.6) is 5.88 Å². The van der Waals surface area contributed by atoms with Crippen molar-refractivity contribution in [2.75, 3.05) is 26.9 Å². The van der Waals surface area contributed by atoms with Crippen molar-refractivity contribution in [1.29, 1.82) is 0 Å². The number of methoxy groups -OCH3 is 1. The fourth-order valence-electron chi connectivity index (χ4n) is 3.16. The van der Waals surface area contributed by atoms with Gasteiger partial charge in [0.2, 0.25) is 5.88 Å². The van der Waals surface area contributed by atoms with Gasteiger partial charge in [-0.3, -0.25) is 0 Å². The summed E-state index contributed by atoms with van der Waals surface area (Å²) in [5.41, 5.74) is -1.24. The first kappa shape index (κ1) is 16.6. The smallest absolute Gasteiger partial charge is 0.258 e. The van der Waals surface area contributed by atoms with Gasteiger partial charge in [0.25, 0.3) is 10.0 Å². The maximum Gasteiger partial charge on any atom is 0.258 e. The van der Waals surface area contributed by atoms with Gasteiger partial charge in [0, 0.05) is 44.1 Å². The molecule has 1 aromatic rings. The summed E-state index contributed by atoms with van der Waals surface area (Å²) in [5.74, 6) is 0.247. The standard InChI is InChI=1S/C15H22N2O5S/c1-21-12-3-2-4-13(17-12)23(19,20)16-11-14(5-6-14)15(18)7-9-22-10-8-15/h2-4,16,18H,5-11H2,1H3. The number of aliphatic hydroxyl groups is 1. The van der Waals surface area contributed by atoms with Gasteiger partial charge in [-0.15, -0.1) is 0 Å². The number of hydrogen-bond acceptors (Lipinski definition) is 6. The number of sulfonamides is 1. The lowest BCUT2D eigenvalue weighted by molar-refractivity contribution is -0.107. The average molecular weight is 342 g/mol. The molecule has 1 saturated heterocycles. The third-order valence-electron chi connectivity index (χ3n) is 4.94. The van der Waals surface area contributed by atoms with Gasteiger partial charge in [0.05, 0.1) is 12.7 Å². The molecule has 2 fully saturated rings. The van der Waals surface area contributed by atoms with Crippen LogP contribution in [0.15, 0.2) is 23.2 Å². The summed E-state index contributed by atoms with van der Waals surface area (Å²) in [6.45, 7) is 1.25. The Labute approximate surface area is 136 Å². The average Bonchev–Trinajstić information content (AvgIpc) is 3.36. The molecule has 0 atom stereocenters. The summed E-state index contributed by atoms with van der Waals surface area (Å²) in [4.78, 5) is 3.96. The summed E-state index contributed by atoms with van der Waals surface area (Å²) in [7, 11) is -2.30. The SMILES string of the molecule is COc1cccc(S(=O)(=O)NCC2(C3(O)CCOCC3)CC2)n1. The van der Waals surface area contributed by atoms with Crippen molar-refractivity contribution in [3.8, 4) is 5.88 Å². The van der Waals surface area contributed by atoms with Gasteiger partial charge < -0.3 is 14.6 Å². The molecule has 0 spiro atoms. The molecular weight excluding hydrogens is 320 g/mol. The Hall–Kier alpha value is -1.22. The van der Waals surface area contributed by atoms with Crippen LogP contribution in [0.3, 0.4) is 0 Å². The fraction of sp³-hybridized carbons (Fsp3) is 0.667. The lowest BCUT2D eigenvalue weighted by Gasteiger charge is -2.39. The monoisotopic (exact) mass is 342 g/mol. The van der Waals surface area contributed by atoms with Crippen molar-refractivity contribution in [1.82, 2.24) is 9.71 Å². The zero-order chi connectivity index (χ0) is 16.6. The summed E-state index contributed by atoms with van der Waals surface area (Å²) in [5, 5.41) is 10.8. The molecule has 7 nitrogen and oxygen atoms in total. The molecule has 1 aliphatic carbocycles. The third kappa shape index (κ3) is 3.21. The second-order valence-electron chi connectivity index (χ2n) is 6.27. The Morgan fingerprint density at radius 1 is 1.30 bits per heavy atom. The summed E-state index contributed by atoms with van der Waals surface area (Å²) in [6.07, 6.45) is 2.73. The number of pyridine rings is 1. The van der Waals surface area contributed by atoms with Crippen LogP contribution in [0.1, 0.15) is 25.7 Å². The molecule has 0 amide bonds. The molecule has 1 aromatic heterocycles. The molecule has 128 valence electrons. The summed E-state index contributed by atoms with van der Waals surface area (Å²) < 4.78 is 37.7. The number of hydrogen-bond donors (Lipinski definition) is 2. The van der Waals surface area contributed by atoms with Crippen molar-refractivity contribution in [3.05, 3.63) is 18.2 Å². The van der Waals surface area contributed by atoms with E-state index in [9.17, 15) is 13.5 Å². The minimum absolute atomic E-state index is 0.0772. The van der Waals surface area contributed by atoms with Crippen molar-refractivity contribution >= 4 is 10.0 Å². The maximum atomic E-state index is 12.4. The van der Waals surface area contributed by atoms with E-state index in [1.807, 2.05) is 0 Å². The van der Waals surface area contributed by atoms with Crippen molar-refractivity contribution in [2.45, 2.75) is 36.3 Å². The lowest BCUT2D eigenvalue weighted by atomic mass is 9.78. The van der Waals surface area contributed by atoms with E-state index in [-0.39, 0.29) is 22.9 Å². The van der Waals surface area contributed by atoms with Gasteiger partial charge in [-0.1, -0.05) is 6.07 Å². The van der Waals surface area contributed by atoms with Crippen LogP contribution in [0.4, 0.5) is 0 Å². The Morgan fingerprint density at radius 3 is 2.61 bits per heavy atom. The Balaban J connectivity index is 1.71. The Bertz CT molecular complexity index is 666. The van der Waals surface area contributed by atoms with Crippen LogP contribution in [0, 0.1) is 5.41 Å². The van der Waals surface area contributed by atoms with Crippen LogP contribution >= 0.6 is 0 Å². The highest BCUT2D eigenvalue weighted by Gasteiger charge is 2.58. The summed E-state index contributed by atoms with van der Waals surface area (Å²) >= 11 is 0. The maximum absolute atomic E-state index is 12.4. The van der Waals surface area contributed by atoms with Gasteiger partial charge in [0.15, 0.2) is 5.03 Å². The van der Waals surface area contributed by atoms with Gasteiger partial charge in [-0.25, -0.2) is 18.1 Å². The lowest BCUT2D eigenvalue weighted by Crippen LogP contribution is -2.49. The second kappa shape index (κ2) is 6.01. The predicted molar refractivity (Wildman–Crippen MR) is 82.6 cm³/mol. The minimum Gasteiger partial charge on any atom is -0.481 e. The normalized spacial score (nSPS) is 22.5.